The van der Waals surface area contributed by atoms with Crippen LogP contribution in [0.3, 0.4) is 0 Å². The summed E-state index contributed by atoms with van der Waals surface area (Å²) in [6.07, 6.45) is 4.59. The van der Waals surface area contributed by atoms with Gasteiger partial charge in [-0.1, -0.05) is 12.8 Å². The zero-order valence-corrected chi connectivity index (χ0v) is 13.1. The Morgan fingerprint density at radius 3 is 2.45 bits per heavy atom. The fourth-order valence-electron chi connectivity index (χ4n) is 2.53. The van der Waals surface area contributed by atoms with Crippen LogP contribution in [0.4, 0.5) is 16.3 Å². The fraction of sp³-hybridized carbons (Fsp3) is 0.600. The molecule has 0 spiro atoms. The SMILES string of the molecule is CC(C)(C)OC(=O)N(c1ccc([N+](=O)[O-])cn1)C1CCCC1. The number of amides is 1. The highest BCUT2D eigenvalue weighted by Crippen LogP contribution is 2.29. The number of rotatable bonds is 3. The van der Waals surface area contributed by atoms with E-state index >= 15 is 0 Å². The van der Waals surface area contributed by atoms with Crippen LogP contribution in [0.2, 0.25) is 0 Å². The highest BCUT2D eigenvalue weighted by Gasteiger charge is 2.32. The first-order valence-electron chi connectivity index (χ1n) is 7.40. The minimum atomic E-state index is -0.602. The van der Waals surface area contributed by atoms with Crippen LogP contribution in [0.5, 0.6) is 0 Å². The first kappa shape index (κ1) is 16.2. The topological polar surface area (TPSA) is 85.6 Å². The Morgan fingerprint density at radius 1 is 1.36 bits per heavy atom. The summed E-state index contributed by atoms with van der Waals surface area (Å²) in [5.74, 6) is 0.395. The van der Waals surface area contributed by atoms with Gasteiger partial charge in [-0.2, -0.15) is 0 Å². The van der Waals surface area contributed by atoms with E-state index in [2.05, 4.69) is 4.98 Å². The number of hydrogen-bond acceptors (Lipinski definition) is 5. The lowest BCUT2D eigenvalue weighted by molar-refractivity contribution is -0.385. The summed E-state index contributed by atoms with van der Waals surface area (Å²) in [7, 11) is 0. The number of ether oxygens (including phenoxy) is 1. The van der Waals surface area contributed by atoms with Crippen LogP contribution in [0, 0.1) is 10.1 Å². The van der Waals surface area contributed by atoms with Crippen LogP contribution in [-0.2, 0) is 4.74 Å². The van der Waals surface area contributed by atoms with Gasteiger partial charge in [-0.3, -0.25) is 15.0 Å². The maximum absolute atomic E-state index is 12.5. The molecule has 0 atom stereocenters. The standard InChI is InChI=1S/C15H21N3O4/c1-15(2,3)22-14(19)17(11-6-4-5-7-11)13-9-8-12(10-16-13)18(20)21/h8-11H,4-7H2,1-3H3. The molecule has 0 saturated heterocycles. The molecule has 7 nitrogen and oxygen atoms in total. The second-order valence-electron chi connectivity index (χ2n) is 6.42. The molecular weight excluding hydrogens is 286 g/mol. The molecule has 120 valence electrons. The van der Waals surface area contributed by atoms with Crippen molar-refractivity contribution in [3.8, 4) is 0 Å². The summed E-state index contributed by atoms with van der Waals surface area (Å²) in [6.45, 7) is 5.42. The third kappa shape index (κ3) is 3.93. The van der Waals surface area contributed by atoms with Crippen LogP contribution >= 0.6 is 0 Å². The summed E-state index contributed by atoms with van der Waals surface area (Å²) in [4.78, 5) is 28.3. The Bertz CT molecular complexity index is 545. The van der Waals surface area contributed by atoms with E-state index in [9.17, 15) is 14.9 Å². The van der Waals surface area contributed by atoms with Crippen molar-refractivity contribution < 1.29 is 14.5 Å². The minimum absolute atomic E-state index is 0.0313. The van der Waals surface area contributed by atoms with Crippen molar-refractivity contribution in [3.63, 3.8) is 0 Å². The second-order valence-corrected chi connectivity index (χ2v) is 6.42. The van der Waals surface area contributed by atoms with E-state index in [1.54, 1.807) is 20.8 Å². The number of nitrogens with zero attached hydrogens (tertiary/aromatic N) is 3. The molecule has 1 fully saturated rings. The van der Waals surface area contributed by atoms with E-state index in [1.807, 2.05) is 0 Å². The fourth-order valence-corrected chi connectivity index (χ4v) is 2.53. The third-order valence-electron chi connectivity index (χ3n) is 3.47. The molecule has 1 aliphatic rings. The van der Waals surface area contributed by atoms with Gasteiger partial charge in [0.2, 0.25) is 0 Å². The molecule has 1 amide bonds. The van der Waals surface area contributed by atoms with Gasteiger partial charge in [0.05, 0.1) is 4.92 Å². The van der Waals surface area contributed by atoms with E-state index in [-0.39, 0.29) is 11.7 Å². The van der Waals surface area contributed by atoms with Gasteiger partial charge in [-0.25, -0.2) is 9.78 Å². The molecule has 1 aromatic heterocycles. The Morgan fingerprint density at radius 2 is 2.00 bits per heavy atom. The van der Waals surface area contributed by atoms with E-state index in [4.69, 9.17) is 4.74 Å². The molecule has 0 aliphatic heterocycles. The molecule has 1 saturated carbocycles. The molecule has 0 radical (unpaired) electrons. The number of aromatic nitrogens is 1. The van der Waals surface area contributed by atoms with Crippen LogP contribution in [0.25, 0.3) is 0 Å². The number of pyridine rings is 1. The minimum Gasteiger partial charge on any atom is -0.443 e. The quantitative estimate of drug-likeness (QED) is 0.628. The number of carbonyl (C=O) groups is 1. The molecule has 0 N–H and O–H groups in total. The van der Waals surface area contributed by atoms with Crippen LogP contribution in [0.15, 0.2) is 18.3 Å². The molecule has 2 rings (SSSR count). The summed E-state index contributed by atoms with van der Waals surface area (Å²) in [5, 5.41) is 10.7. The van der Waals surface area contributed by atoms with Gasteiger partial charge in [0, 0.05) is 12.1 Å². The van der Waals surface area contributed by atoms with E-state index in [0.717, 1.165) is 25.7 Å². The second kappa shape index (κ2) is 6.29. The lowest BCUT2D eigenvalue weighted by Crippen LogP contribution is -2.43. The maximum atomic E-state index is 12.5. The summed E-state index contributed by atoms with van der Waals surface area (Å²) in [5.41, 5.74) is -0.700. The van der Waals surface area contributed by atoms with Gasteiger partial charge >= 0.3 is 6.09 Å². The van der Waals surface area contributed by atoms with Crippen molar-refractivity contribution in [1.82, 2.24) is 4.98 Å². The Balaban J connectivity index is 2.27. The van der Waals surface area contributed by atoms with Crippen molar-refractivity contribution in [2.24, 2.45) is 0 Å². The Hall–Kier alpha value is -2.18. The van der Waals surface area contributed by atoms with E-state index < -0.39 is 16.6 Å². The molecule has 1 aliphatic carbocycles. The van der Waals surface area contributed by atoms with Gasteiger partial charge in [0.15, 0.2) is 0 Å². The molecule has 1 heterocycles. The number of nitro groups is 1. The average molecular weight is 307 g/mol. The highest BCUT2D eigenvalue weighted by molar-refractivity contribution is 5.87. The molecule has 22 heavy (non-hydrogen) atoms. The van der Waals surface area contributed by atoms with Crippen molar-refractivity contribution in [2.45, 2.75) is 58.1 Å². The van der Waals surface area contributed by atoms with Gasteiger partial charge in [0.1, 0.15) is 17.6 Å². The maximum Gasteiger partial charge on any atom is 0.416 e. The van der Waals surface area contributed by atoms with Crippen LogP contribution in [0.1, 0.15) is 46.5 Å². The van der Waals surface area contributed by atoms with E-state index in [1.165, 1.54) is 23.2 Å². The van der Waals surface area contributed by atoms with Crippen molar-refractivity contribution in [3.05, 3.63) is 28.4 Å². The summed E-state index contributed by atoms with van der Waals surface area (Å²) < 4.78 is 5.46. The predicted octanol–water partition coefficient (Wildman–Crippen LogP) is 3.67. The van der Waals surface area contributed by atoms with Crippen molar-refractivity contribution >= 4 is 17.6 Å². The largest absolute Gasteiger partial charge is 0.443 e. The van der Waals surface area contributed by atoms with Crippen LogP contribution < -0.4 is 4.90 Å². The number of anilines is 1. The van der Waals surface area contributed by atoms with Gasteiger partial charge in [-0.05, 0) is 39.7 Å². The third-order valence-corrected chi connectivity index (χ3v) is 3.47. The lowest BCUT2D eigenvalue weighted by atomic mass is 10.2. The molecule has 1 aromatic rings. The molecule has 0 unspecified atom stereocenters. The monoisotopic (exact) mass is 307 g/mol. The number of hydrogen-bond donors (Lipinski definition) is 0. The van der Waals surface area contributed by atoms with Gasteiger partial charge in [0.25, 0.3) is 5.69 Å². The number of carbonyl (C=O) groups excluding carboxylic acids is 1. The molecule has 7 heteroatoms. The van der Waals surface area contributed by atoms with Gasteiger partial charge < -0.3 is 4.74 Å². The zero-order valence-electron chi connectivity index (χ0n) is 13.1. The zero-order chi connectivity index (χ0) is 16.3. The van der Waals surface area contributed by atoms with E-state index in [0.29, 0.717) is 5.82 Å². The molecule has 0 aromatic carbocycles. The molecular formula is C15H21N3O4. The highest BCUT2D eigenvalue weighted by atomic mass is 16.6. The normalized spacial score (nSPS) is 15.6. The van der Waals surface area contributed by atoms with Gasteiger partial charge in [-0.15, -0.1) is 0 Å². The predicted molar refractivity (Wildman–Crippen MR) is 81.9 cm³/mol. The summed E-state index contributed by atoms with van der Waals surface area (Å²) in [6, 6.07) is 2.89. The lowest BCUT2D eigenvalue weighted by Gasteiger charge is -2.30. The summed E-state index contributed by atoms with van der Waals surface area (Å²) >= 11 is 0. The first-order chi connectivity index (χ1) is 10.3. The average Bonchev–Trinajstić information content (AvgIpc) is 2.91. The Labute approximate surface area is 129 Å². The smallest absolute Gasteiger partial charge is 0.416 e. The Kier molecular flexibility index (Phi) is 4.63. The van der Waals surface area contributed by atoms with Crippen LogP contribution in [-0.4, -0.2) is 27.6 Å². The van der Waals surface area contributed by atoms with Crippen molar-refractivity contribution in [1.29, 1.82) is 0 Å². The molecule has 0 bridgehead atoms. The van der Waals surface area contributed by atoms with Crippen molar-refractivity contribution in [2.75, 3.05) is 4.90 Å². The first-order valence-corrected chi connectivity index (χ1v) is 7.40.